The number of hydrogen-bond acceptors (Lipinski definition) is 3. The Bertz CT molecular complexity index is 343. The molecule has 0 bridgehead atoms. The predicted molar refractivity (Wildman–Crippen MR) is 125 cm³/mol. The van der Waals surface area contributed by atoms with E-state index < -0.39 is 0 Å². The van der Waals surface area contributed by atoms with E-state index >= 15 is 0 Å². The van der Waals surface area contributed by atoms with Gasteiger partial charge in [0.15, 0.2) is 0 Å². The normalized spacial score (nSPS) is 13.5. The molecule has 0 aliphatic heterocycles. The summed E-state index contributed by atoms with van der Waals surface area (Å²) in [6.45, 7) is 4.67. The molecule has 0 aliphatic rings. The van der Waals surface area contributed by atoms with Gasteiger partial charge in [-0.15, -0.1) is 0 Å². The first-order valence-electron chi connectivity index (χ1n) is 13.0. The molecule has 0 amide bonds. The van der Waals surface area contributed by atoms with Crippen LogP contribution in [0.2, 0.25) is 0 Å². The molecular formula is C26H52O3. The Hall–Kier alpha value is -0.410. The van der Waals surface area contributed by atoms with Crippen molar-refractivity contribution in [1.82, 2.24) is 0 Å². The first-order valence-corrected chi connectivity index (χ1v) is 13.0. The van der Waals surface area contributed by atoms with Gasteiger partial charge in [-0.2, -0.15) is 0 Å². The van der Waals surface area contributed by atoms with Crippen molar-refractivity contribution in [1.29, 1.82) is 0 Å². The zero-order chi connectivity index (χ0) is 21.6. The molecule has 0 rings (SSSR count). The minimum atomic E-state index is -0.244. The number of ketones is 1. The first-order chi connectivity index (χ1) is 14.2. The van der Waals surface area contributed by atoms with Crippen molar-refractivity contribution < 1.29 is 15.0 Å². The van der Waals surface area contributed by atoms with Gasteiger partial charge < -0.3 is 10.2 Å². The second-order valence-corrected chi connectivity index (χ2v) is 9.05. The van der Waals surface area contributed by atoms with Crippen LogP contribution in [-0.2, 0) is 4.79 Å². The van der Waals surface area contributed by atoms with E-state index in [1.54, 1.807) is 0 Å². The summed E-state index contributed by atoms with van der Waals surface area (Å²) in [4.78, 5) is 12.0. The molecule has 0 radical (unpaired) electrons. The molecular weight excluding hydrogens is 360 g/mol. The highest BCUT2D eigenvalue weighted by molar-refractivity contribution is 5.78. The predicted octanol–water partition coefficient (Wildman–Crippen LogP) is 7.37. The summed E-state index contributed by atoms with van der Waals surface area (Å²) in [7, 11) is 0. The third kappa shape index (κ3) is 19.3. The molecule has 29 heavy (non-hydrogen) atoms. The smallest absolute Gasteiger partial charge is 0.132 e. The van der Waals surface area contributed by atoms with Crippen LogP contribution in [0, 0.1) is 5.92 Å². The Morgan fingerprint density at radius 1 is 0.621 bits per heavy atom. The summed E-state index contributed by atoms with van der Waals surface area (Å²) < 4.78 is 0. The quantitative estimate of drug-likeness (QED) is 0.172. The number of aliphatic hydroxyl groups excluding tert-OH is 2. The molecule has 0 aromatic heterocycles. The first kappa shape index (κ1) is 28.6. The maximum atomic E-state index is 12.0. The summed E-state index contributed by atoms with van der Waals surface area (Å²) in [5.41, 5.74) is 0. The van der Waals surface area contributed by atoms with E-state index in [0.717, 1.165) is 57.8 Å². The summed E-state index contributed by atoms with van der Waals surface area (Å²) in [6.07, 6.45) is 21.7. The highest BCUT2D eigenvalue weighted by Gasteiger charge is 2.18. The lowest BCUT2D eigenvalue weighted by atomic mass is 9.88. The SMILES string of the molecule is CCCCCCCCC(=O)CCCCC(CCCO)C(O)CCCCCCCC. The fourth-order valence-corrected chi connectivity index (χ4v) is 4.21. The van der Waals surface area contributed by atoms with Crippen LogP contribution in [0.25, 0.3) is 0 Å². The highest BCUT2D eigenvalue weighted by atomic mass is 16.3. The number of Topliss-reactive ketones (excluding diaryl/α,β-unsaturated/α-hetero) is 1. The molecule has 0 saturated carbocycles. The molecule has 0 aromatic carbocycles. The molecule has 3 heteroatoms. The lowest BCUT2D eigenvalue weighted by molar-refractivity contribution is -0.119. The van der Waals surface area contributed by atoms with Crippen molar-refractivity contribution in [3.8, 4) is 0 Å². The summed E-state index contributed by atoms with van der Waals surface area (Å²) in [6, 6.07) is 0. The van der Waals surface area contributed by atoms with Gasteiger partial charge in [0.05, 0.1) is 6.10 Å². The third-order valence-corrected chi connectivity index (χ3v) is 6.22. The second kappa shape index (κ2) is 22.3. The van der Waals surface area contributed by atoms with Crippen molar-refractivity contribution in [2.75, 3.05) is 6.61 Å². The van der Waals surface area contributed by atoms with E-state index in [1.807, 2.05) is 0 Å². The molecule has 0 aliphatic carbocycles. The Balaban J connectivity index is 3.87. The zero-order valence-corrected chi connectivity index (χ0v) is 19.8. The van der Waals surface area contributed by atoms with Crippen LogP contribution in [0.1, 0.15) is 142 Å². The molecule has 0 saturated heterocycles. The van der Waals surface area contributed by atoms with Gasteiger partial charge in [-0.3, -0.25) is 4.79 Å². The molecule has 174 valence electrons. The summed E-state index contributed by atoms with van der Waals surface area (Å²) in [5.74, 6) is 0.700. The lowest BCUT2D eigenvalue weighted by Crippen LogP contribution is -2.21. The molecule has 2 atom stereocenters. The standard InChI is InChI=1S/C26H52O3/c1-3-5-7-9-11-13-20-25(28)21-16-15-18-24(19-17-23-27)26(29)22-14-12-10-8-6-4-2/h24,26-27,29H,3-23H2,1-2H3. The van der Waals surface area contributed by atoms with E-state index in [2.05, 4.69) is 13.8 Å². The Labute approximate surface area is 182 Å². The molecule has 0 heterocycles. The Morgan fingerprint density at radius 3 is 1.66 bits per heavy atom. The number of unbranched alkanes of at least 4 members (excludes halogenated alkanes) is 11. The second-order valence-electron chi connectivity index (χ2n) is 9.05. The number of carbonyl (C=O) groups excluding carboxylic acids is 1. The number of hydrogen-bond donors (Lipinski definition) is 2. The molecule has 2 N–H and O–H groups in total. The minimum absolute atomic E-state index is 0.205. The van der Waals surface area contributed by atoms with E-state index in [0.29, 0.717) is 12.2 Å². The van der Waals surface area contributed by atoms with E-state index in [9.17, 15) is 9.90 Å². The minimum Gasteiger partial charge on any atom is -0.396 e. The van der Waals surface area contributed by atoms with Crippen molar-refractivity contribution in [3.05, 3.63) is 0 Å². The van der Waals surface area contributed by atoms with Gasteiger partial charge in [0, 0.05) is 19.4 Å². The maximum Gasteiger partial charge on any atom is 0.132 e. The van der Waals surface area contributed by atoms with Gasteiger partial charge in [0.1, 0.15) is 5.78 Å². The van der Waals surface area contributed by atoms with Crippen LogP contribution in [0.4, 0.5) is 0 Å². The zero-order valence-electron chi connectivity index (χ0n) is 19.8. The van der Waals surface area contributed by atoms with Gasteiger partial charge in [0.2, 0.25) is 0 Å². The van der Waals surface area contributed by atoms with Gasteiger partial charge >= 0.3 is 0 Å². The highest BCUT2D eigenvalue weighted by Crippen LogP contribution is 2.24. The van der Waals surface area contributed by atoms with Crippen molar-refractivity contribution in [2.24, 2.45) is 5.92 Å². The van der Waals surface area contributed by atoms with Crippen LogP contribution in [-0.4, -0.2) is 28.7 Å². The van der Waals surface area contributed by atoms with E-state index in [4.69, 9.17) is 5.11 Å². The molecule has 0 spiro atoms. The fourth-order valence-electron chi connectivity index (χ4n) is 4.21. The van der Waals surface area contributed by atoms with Crippen LogP contribution in [0.15, 0.2) is 0 Å². The largest absolute Gasteiger partial charge is 0.396 e. The van der Waals surface area contributed by atoms with Crippen molar-refractivity contribution in [3.63, 3.8) is 0 Å². The molecule has 3 nitrogen and oxygen atoms in total. The number of rotatable bonds is 23. The van der Waals surface area contributed by atoms with Crippen LogP contribution >= 0.6 is 0 Å². The van der Waals surface area contributed by atoms with Crippen LogP contribution in [0.3, 0.4) is 0 Å². The Kier molecular flexibility index (Phi) is 22.0. The fraction of sp³-hybridized carbons (Fsp3) is 0.962. The molecule has 0 fully saturated rings. The summed E-state index contributed by atoms with van der Waals surface area (Å²) >= 11 is 0. The maximum absolute atomic E-state index is 12.0. The average molecular weight is 413 g/mol. The average Bonchev–Trinajstić information content (AvgIpc) is 2.72. The molecule has 0 aromatic rings. The van der Waals surface area contributed by atoms with Crippen molar-refractivity contribution >= 4 is 5.78 Å². The van der Waals surface area contributed by atoms with Gasteiger partial charge in [-0.25, -0.2) is 0 Å². The van der Waals surface area contributed by atoms with Gasteiger partial charge in [0.25, 0.3) is 0 Å². The topological polar surface area (TPSA) is 57.5 Å². The molecule has 2 unspecified atom stereocenters. The van der Waals surface area contributed by atoms with Crippen molar-refractivity contribution in [2.45, 2.75) is 148 Å². The van der Waals surface area contributed by atoms with E-state index in [-0.39, 0.29) is 18.6 Å². The van der Waals surface area contributed by atoms with Gasteiger partial charge in [-0.05, 0) is 44.4 Å². The Morgan fingerprint density at radius 2 is 1.07 bits per heavy atom. The van der Waals surface area contributed by atoms with Crippen LogP contribution in [0.5, 0.6) is 0 Å². The van der Waals surface area contributed by atoms with Gasteiger partial charge in [-0.1, -0.05) is 90.9 Å². The monoisotopic (exact) mass is 412 g/mol. The van der Waals surface area contributed by atoms with E-state index in [1.165, 1.54) is 64.2 Å². The summed E-state index contributed by atoms with van der Waals surface area (Å²) in [5, 5.41) is 19.8. The third-order valence-electron chi connectivity index (χ3n) is 6.22. The number of carbonyl (C=O) groups is 1. The lowest BCUT2D eigenvalue weighted by Gasteiger charge is -2.23. The number of aliphatic hydroxyl groups is 2. The van der Waals surface area contributed by atoms with Crippen LogP contribution < -0.4 is 0 Å².